The predicted octanol–water partition coefficient (Wildman–Crippen LogP) is 1.80. The van der Waals surface area contributed by atoms with E-state index in [2.05, 4.69) is 20.1 Å². The summed E-state index contributed by atoms with van der Waals surface area (Å²) in [5.41, 5.74) is -0.0618. The largest absolute Gasteiger partial charge is 0.348 e. The van der Waals surface area contributed by atoms with Crippen molar-refractivity contribution in [3.05, 3.63) is 52.5 Å². The van der Waals surface area contributed by atoms with Crippen molar-refractivity contribution >= 4 is 16.5 Å². The van der Waals surface area contributed by atoms with E-state index in [1.54, 1.807) is 39.0 Å². The van der Waals surface area contributed by atoms with Gasteiger partial charge >= 0.3 is 0 Å². The smallest absolute Gasteiger partial charge is 0.266 e. The van der Waals surface area contributed by atoms with Gasteiger partial charge in [0.15, 0.2) is 10.9 Å². The summed E-state index contributed by atoms with van der Waals surface area (Å²) in [4.78, 5) is 18.8. The molecule has 1 fully saturated rings. The molecule has 0 radical (unpaired) electrons. The highest BCUT2D eigenvalue weighted by atomic mass is 32.1. The molecular weight excluding hydrogens is 324 g/mol. The quantitative estimate of drug-likeness (QED) is 0.723. The molecule has 0 N–H and O–H groups in total. The Bertz CT molecular complexity index is 834. The van der Waals surface area contributed by atoms with Gasteiger partial charge < -0.3 is 4.90 Å². The van der Waals surface area contributed by atoms with Gasteiger partial charge in [0.05, 0.1) is 0 Å². The van der Waals surface area contributed by atoms with Crippen LogP contribution in [0.3, 0.4) is 0 Å². The molecule has 3 aromatic heterocycles. The first-order chi connectivity index (χ1) is 11.8. The van der Waals surface area contributed by atoms with E-state index < -0.39 is 0 Å². The summed E-state index contributed by atoms with van der Waals surface area (Å²) in [6.07, 6.45) is 7.45. The lowest BCUT2D eigenvalue weighted by molar-refractivity contribution is 0.334. The maximum atomic E-state index is 12.1. The fraction of sp³-hybridized carbons (Fsp3) is 0.375. The third kappa shape index (κ3) is 3.09. The summed E-state index contributed by atoms with van der Waals surface area (Å²) < 4.78 is 3.24. The standard InChI is InChI=1S/C16H18N6OS/c23-15-3-2-14(21-8-1-6-18-21)19-22(15)12-13-4-9-20(10-5-13)16-17-7-11-24-16/h1-3,6-8,11,13H,4-5,9-10,12H2. The molecule has 0 spiro atoms. The maximum absolute atomic E-state index is 12.1. The Morgan fingerprint density at radius 2 is 2.08 bits per heavy atom. The SMILES string of the molecule is O=c1ccc(-n2cccn2)nn1CC1CCN(c2nccs2)CC1. The van der Waals surface area contributed by atoms with Gasteiger partial charge in [-0.15, -0.1) is 16.4 Å². The summed E-state index contributed by atoms with van der Waals surface area (Å²) in [6, 6.07) is 5.11. The van der Waals surface area contributed by atoms with Crippen LogP contribution in [0.1, 0.15) is 12.8 Å². The second-order valence-electron chi connectivity index (χ2n) is 5.91. The van der Waals surface area contributed by atoms with Gasteiger partial charge in [-0.05, 0) is 30.9 Å². The van der Waals surface area contributed by atoms with Gasteiger partial charge in [-0.1, -0.05) is 0 Å². The lowest BCUT2D eigenvalue weighted by Gasteiger charge is -2.31. The number of rotatable bonds is 4. The maximum Gasteiger partial charge on any atom is 0.266 e. The molecule has 8 heteroatoms. The van der Waals surface area contributed by atoms with Crippen LogP contribution in [0, 0.1) is 5.92 Å². The van der Waals surface area contributed by atoms with Gasteiger partial charge in [-0.25, -0.2) is 14.3 Å². The fourth-order valence-electron chi connectivity index (χ4n) is 3.02. The van der Waals surface area contributed by atoms with Crippen molar-refractivity contribution in [1.82, 2.24) is 24.5 Å². The Hall–Kier alpha value is -2.48. The van der Waals surface area contributed by atoms with Gasteiger partial charge in [0.1, 0.15) is 0 Å². The van der Waals surface area contributed by atoms with E-state index in [1.165, 1.54) is 0 Å². The Morgan fingerprint density at radius 3 is 2.79 bits per heavy atom. The second kappa shape index (κ2) is 6.56. The first-order valence-corrected chi connectivity index (χ1v) is 8.90. The highest BCUT2D eigenvalue weighted by molar-refractivity contribution is 7.13. The van der Waals surface area contributed by atoms with Crippen LogP contribution >= 0.6 is 11.3 Å². The number of hydrogen-bond donors (Lipinski definition) is 0. The first-order valence-electron chi connectivity index (χ1n) is 8.02. The average Bonchev–Trinajstić information content (AvgIpc) is 3.31. The number of piperidine rings is 1. The zero-order valence-electron chi connectivity index (χ0n) is 13.2. The Kier molecular flexibility index (Phi) is 4.12. The molecular formula is C16H18N6OS. The second-order valence-corrected chi connectivity index (χ2v) is 6.78. The Balaban J connectivity index is 1.44. The molecule has 124 valence electrons. The number of anilines is 1. The number of nitrogens with zero attached hydrogens (tertiary/aromatic N) is 6. The zero-order valence-corrected chi connectivity index (χ0v) is 14.0. The van der Waals surface area contributed by atoms with Crippen LogP contribution in [-0.2, 0) is 6.54 Å². The monoisotopic (exact) mass is 342 g/mol. The number of thiazole rings is 1. The van der Waals surface area contributed by atoms with E-state index in [1.807, 2.05) is 23.8 Å². The minimum absolute atomic E-state index is 0.0618. The summed E-state index contributed by atoms with van der Waals surface area (Å²) in [6.45, 7) is 2.61. The van der Waals surface area contributed by atoms with E-state index in [0.29, 0.717) is 18.3 Å². The molecule has 0 aromatic carbocycles. The molecule has 0 atom stereocenters. The molecule has 1 saturated heterocycles. The molecule has 0 amide bonds. The van der Waals surface area contributed by atoms with E-state index in [-0.39, 0.29) is 5.56 Å². The molecule has 0 unspecified atom stereocenters. The molecule has 4 heterocycles. The van der Waals surface area contributed by atoms with Crippen molar-refractivity contribution < 1.29 is 0 Å². The van der Waals surface area contributed by atoms with Gasteiger partial charge in [0.2, 0.25) is 0 Å². The zero-order chi connectivity index (χ0) is 16.4. The third-order valence-electron chi connectivity index (χ3n) is 4.33. The van der Waals surface area contributed by atoms with E-state index in [9.17, 15) is 4.79 Å². The highest BCUT2D eigenvalue weighted by Crippen LogP contribution is 2.25. The van der Waals surface area contributed by atoms with Gasteiger partial charge in [0, 0.05) is 49.7 Å². The molecule has 4 rings (SSSR count). The van der Waals surface area contributed by atoms with Crippen LogP contribution in [-0.4, -0.2) is 37.6 Å². The predicted molar refractivity (Wildman–Crippen MR) is 92.7 cm³/mol. The normalized spacial score (nSPS) is 15.8. The van der Waals surface area contributed by atoms with Crippen LogP contribution < -0.4 is 10.5 Å². The van der Waals surface area contributed by atoms with Crippen LogP contribution in [0.2, 0.25) is 0 Å². The van der Waals surface area contributed by atoms with Gasteiger partial charge in [-0.3, -0.25) is 4.79 Å². The minimum atomic E-state index is -0.0618. The summed E-state index contributed by atoms with van der Waals surface area (Å²) in [5.74, 6) is 1.12. The first kappa shape index (κ1) is 15.1. The van der Waals surface area contributed by atoms with Crippen molar-refractivity contribution in [2.75, 3.05) is 18.0 Å². The number of aromatic nitrogens is 5. The summed E-state index contributed by atoms with van der Waals surface area (Å²) in [7, 11) is 0. The molecule has 0 aliphatic carbocycles. The molecule has 1 aliphatic rings. The van der Waals surface area contributed by atoms with Crippen LogP contribution in [0.5, 0.6) is 0 Å². The van der Waals surface area contributed by atoms with E-state index >= 15 is 0 Å². The van der Waals surface area contributed by atoms with Gasteiger partial charge in [0.25, 0.3) is 5.56 Å². The Labute approximate surface area is 143 Å². The topological polar surface area (TPSA) is 68.8 Å². The van der Waals surface area contributed by atoms with Crippen LogP contribution in [0.25, 0.3) is 5.82 Å². The van der Waals surface area contributed by atoms with Crippen molar-refractivity contribution in [3.63, 3.8) is 0 Å². The lowest BCUT2D eigenvalue weighted by Crippen LogP contribution is -2.36. The summed E-state index contributed by atoms with van der Waals surface area (Å²) >= 11 is 1.68. The molecule has 0 bridgehead atoms. The highest BCUT2D eigenvalue weighted by Gasteiger charge is 2.21. The number of hydrogen-bond acceptors (Lipinski definition) is 6. The van der Waals surface area contributed by atoms with Crippen molar-refractivity contribution in [3.8, 4) is 5.82 Å². The lowest BCUT2D eigenvalue weighted by atomic mass is 9.97. The van der Waals surface area contributed by atoms with Crippen LogP contribution in [0.15, 0.2) is 47.0 Å². The van der Waals surface area contributed by atoms with Gasteiger partial charge in [-0.2, -0.15) is 5.10 Å². The van der Waals surface area contributed by atoms with Crippen molar-refractivity contribution in [2.45, 2.75) is 19.4 Å². The Morgan fingerprint density at radius 1 is 1.21 bits per heavy atom. The molecule has 7 nitrogen and oxygen atoms in total. The third-order valence-corrected chi connectivity index (χ3v) is 5.16. The van der Waals surface area contributed by atoms with E-state index in [0.717, 1.165) is 31.1 Å². The van der Waals surface area contributed by atoms with Crippen LogP contribution in [0.4, 0.5) is 5.13 Å². The minimum Gasteiger partial charge on any atom is -0.348 e. The molecule has 1 aliphatic heterocycles. The van der Waals surface area contributed by atoms with Crippen molar-refractivity contribution in [1.29, 1.82) is 0 Å². The molecule has 3 aromatic rings. The van der Waals surface area contributed by atoms with Crippen molar-refractivity contribution in [2.24, 2.45) is 5.92 Å². The van der Waals surface area contributed by atoms with E-state index in [4.69, 9.17) is 0 Å². The summed E-state index contributed by atoms with van der Waals surface area (Å²) in [5, 5.41) is 11.7. The average molecular weight is 342 g/mol. The molecule has 0 saturated carbocycles. The fourth-order valence-corrected chi connectivity index (χ4v) is 3.72. The molecule has 24 heavy (non-hydrogen) atoms.